The van der Waals surface area contributed by atoms with Crippen LogP contribution in [0.5, 0.6) is 0 Å². The molecule has 4 amide bonds. The first-order valence-corrected chi connectivity index (χ1v) is 8.43. The molecule has 1 aliphatic rings. The topological polar surface area (TPSA) is 82.3 Å². The lowest BCUT2D eigenvalue weighted by molar-refractivity contribution is 0.242. The first kappa shape index (κ1) is 16.8. The molecule has 0 radical (unpaired) electrons. The number of benzene rings is 2. The van der Waals surface area contributed by atoms with Crippen LogP contribution in [0.4, 0.5) is 21.0 Å². The van der Waals surface area contributed by atoms with Crippen LogP contribution in [0.15, 0.2) is 60.7 Å². The van der Waals surface area contributed by atoms with Gasteiger partial charge in [-0.25, -0.2) is 9.59 Å². The van der Waals surface area contributed by atoms with Crippen molar-refractivity contribution in [3.8, 4) is 0 Å². The molecule has 1 fully saturated rings. The molecule has 0 spiro atoms. The summed E-state index contributed by atoms with van der Waals surface area (Å²) in [5, 5.41) is 11.4. The predicted octanol–water partition coefficient (Wildman–Crippen LogP) is 3.41. The van der Waals surface area contributed by atoms with E-state index in [0.717, 1.165) is 24.2 Å². The summed E-state index contributed by atoms with van der Waals surface area (Å²) in [7, 11) is 0. The summed E-state index contributed by atoms with van der Waals surface area (Å²) in [4.78, 5) is 24.1. The molecule has 0 unspecified atom stereocenters. The van der Waals surface area contributed by atoms with Crippen LogP contribution in [0.2, 0.25) is 0 Å². The van der Waals surface area contributed by atoms with Crippen molar-refractivity contribution in [1.29, 1.82) is 0 Å². The summed E-state index contributed by atoms with van der Waals surface area (Å²) in [6.07, 6.45) is 2.14. The van der Waals surface area contributed by atoms with Gasteiger partial charge in [0.15, 0.2) is 0 Å². The zero-order chi connectivity index (χ0) is 17.5. The minimum absolute atomic E-state index is 0.0785. The normalized spacial score (nSPS) is 14.2. The summed E-state index contributed by atoms with van der Waals surface area (Å²) in [6, 6.07) is 17.9. The van der Waals surface area contributed by atoms with E-state index in [1.54, 1.807) is 0 Å². The Hall–Kier alpha value is -3.02. The SMILES string of the molecule is O=C(NC[C@@H](NC(=O)Nc1ccccc1)C1CC1)Nc1ccccc1. The van der Waals surface area contributed by atoms with Gasteiger partial charge in [0.2, 0.25) is 0 Å². The molecule has 6 heteroatoms. The van der Waals surface area contributed by atoms with Gasteiger partial charge in [-0.2, -0.15) is 0 Å². The number of hydrogen-bond acceptors (Lipinski definition) is 2. The van der Waals surface area contributed by atoms with Crippen LogP contribution in [-0.4, -0.2) is 24.6 Å². The Morgan fingerprint density at radius 3 is 1.88 bits per heavy atom. The van der Waals surface area contributed by atoms with E-state index in [-0.39, 0.29) is 18.1 Å². The van der Waals surface area contributed by atoms with Crippen LogP contribution in [-0.2, 0) is 0 Å². The van der Waals surface area contributed by atoms with Crippen LogP contribution >= 0.6 is 0 Å². The maximum absolute atomic E-state index is 12.1. The average molecular weight is 338 g/mol. The van der Waals surface area contributed by atoms with Crippen molar-refractivity contribution in [2.24, 2.45) is 5.92 Å². The zero-order valence-electron chi connectivity index (χ0n) is 13.9. The van der Waals surface area contributed by atoms with E-state index in [4.69, 9.17) is 0 Å². The fraction of sp³-hybridized carbons (Fsp3) is 0.263. The van der Waals surface area contributed by atoms with Crippen LogP contribution < -0.4 is 21.3 Å². The Bertz CT molecular complexity index is 702. The van der Waals surface area contributed by atoms with Gasteiger partial charge in [0.25, 0.3) is 0 Å². The van der Waals surface area contributed by atoms with Gasteiger partial charge in [0.05, 0.1) is 6.04 Å². The summed E-state index contributed by atoms with van der Waals surface area (Å²) in [6.45, 7) is 0.394. The Kier molecular flexibility index (Phi) is 5.51. The number of carbonyl (C=O) groups excluding carboxylic acids is 2. The molecule has 0 heterocycles. The van der Waals surface area contributed by atoms with E-state index in [1.165, 1.54) is 0 Å². The molecule has 1 aliphatic carbocycles. The number of anilines is 2. The lowest BCUT2D eigenvalue weighted by Gasteiger charge is -2.19. The van der Waals surface area contributed by atoms with Crippen molar-refractivity contribution < 1.29 is 9.59 Å². The van der Waals surface area contributed by atoms with E-state index < -0.39 is 0 Å². The zero-order valence-corrected chi connectivity index (χ0v) is 13.9. The minimum atomic E-state index is -0.276. The van der Waals surface area contributed by atoms with Gasteiger partial charge in [-0.1, -0.05) is 36.4 Å². The first-order valence-electron chi connectivity index (χ1n) is 8.43. The van der Waals surface area contributed by atoms with Crippen molar-refractivity contribution in [2.75, 3.05) is 17.2 Å². The highest BCUT2D eigenvalue weighted by atomic mass is 16.2. The third kappa shape index (κ3) is 5.53. The number of hydrogen-bond donors (Lipinski definition) is 4. The third-order valence-electron chi connectivity index (χ3n) is 4.05. The van der Waals surface area contributed by atoms with Crippen molar-refractivity contribution in [3.63, 3.8) is 0 Å². The Balaban J connectivity index is 1.46. The van der Waals surface area contributed by atoms with Gasteiger partial charge in [-0.05, 0) is 43.0 Å². The van der Waals surface area contributed by atoms with Gasteiger partial charge < -0.3 is 21.3 Å². The van der Waals surface area contributed by atoms with Gasteiger partial charge >= 0.3 is 12.1 Å². The van der Waals surface area contributed by atoms with E-state index >= 15 is 0 Å². The van der Waals surface area contributed by atoms with Crippen LogP contribution in [0.1, 0.15) is 12.8 Å². The van der Waals surface area contributed by atoms with Gasteiger partial charge in [-0.15, -0.1) is 0 Å². The van der Waals surface area contributed by atoms with Crippen molar-refractivity contribution in [3.05, 3.63) is 60.7 Å². The highest BCUT2D eigenvalue weighted by Crippen LogP contribution is 2.32. The highest BCUT2D eigenvalue weighted by Gasteiger charge is 2.32. The summed E-state index contributed by atoms with van der Waals surface area (Å²) in [5.41, 5.74) is 1.47. The molecule has 6 nitrogen and oxygen atoms in total. The number of nitrogens with one attached hydrogen (secondary N) is 4. The first-order chi connectivity index (χ1) is 12.2. The van der Waals surface area contributed by atoms with Crippen molar-refractivity contribution in [2.45, 2.75) is 18.9 Å². The Labute approximate surface area is 147 Å². The Morgan fingerprint density at radius 1 is 0.840 bits per heavy atom. The second-order valence-corrected chi connectivity index (χ2v) is 6.11. The van der Waals surface area contributed by atoms with Crippen molar-refractivity contribution in [1.82, 2.24) is 10.6 Å². The number of urea groups is 2. The quantitative estimate of drug-likeness (QED) is 0.651. The molecule has 1 atom stereocenters. The van der Waals surface area contributed by atoms with E-state index in [2.05, 4.69) is 21.3 Å². The van der Waals surface area contributed by atoms with Crippen LogP contribution in [0, 0.1) is 5.92 Å². The number of carbonyl (C=O) groups is 2. The molecule has 3 rings (SSSR count). The summed E-state index contributed by atoms with van der Waals surface area (Å²) < 4.78 is 0. The Morgan fingerprint density at radius 2 is 1.36 bits per heavy atom. The van der Waals surface area contributed by atoms with Crippen LogP contribution in [0.3, 0.4) is 0 Å². The molecule has 0 bridgehead atoms. The molecule has 0 saturated heterocycles. The fourth-order valence-corrected chi connectivity index (χ4v) is 2.59. The maximum Gasteiger partial charge on any atom is 0.319 e. The molecular weight excluding hydrogens is 316 g/mol. The van der Waals surface area contributed by atoms with Crippen molar-refractivity contribution >= 4 is 23.4 Å². The average Bonchev–Trinajstić information content (AvgIpc) is 3.45. The lowest BCUT2D eigenvalue weighted by Crippen LogP contribution is -2.47. The van der Waals surface area contributed by atoms with E-state index in [9.17, 15) is 9.59 Å². The van der Waals surface area contributed by atoms with Gasteiger partial charge in [-0.3, -0.25) is 0 Å². The number of para-hydroxylation sites is 2. The molecule has 2 aromatic carbocycles. The largest absolute Gasteiger partial charge is 0.336 e. The smallest absolute Gasteiger partial charge is 0.319 e. The molecule has 1 saturated carbocycles. The molecule has 4 N–H and O–H groups in total. The molecule has 0 aromatic heterocycles. The molecular formula is C19H22N4O2. The summed E-state index contributed by atoms with van der Waals surface area (Å²) >= 11 is 0. The fourth-order valence-electron chi connectivity index (χ4n) is 2.59. The molecule has 130 valence electrons. The standard InChI is InChI=1S/C19H22N4O2/c24-18(21-15-7-3-1-4-8-15)20-13-17(14-11-12-14)23-19(25)22-16-9-5-2-6-10-16/h1-10,14,17H,11-13H2,(H2,20,21,24)(H2,22,23,25)/t17-/m1/s1. The molecule has 25 heavy (non-hydrogen) atoms. The summed E-state index contributed by atoms with van der Waals surface area (Å²) in [5.74, 6) is 0.415. The minimum Gasteiger partial charge on any atom is -0.336 e. The maximum atomic E-state index is 12.1. The van der Waals surface area contributed by atoms with Gasteiger partial charge in [0.1, 0.15) is 0 Å². The number of rotatable bonds is 6. The third-order valence-corrected chi connectivity index (χ3v) is 4.05. The highest BCUT2D eigenvalue weighted by molar-refractivity contribution is 5.90. The van der Waals surface area contributed by atoms with E-state index in [0.29, 0.717) is 12.5 Å². The molecule has 0 aliphatic heterocycles. The van der Waals surface area contributed by atoms with Gasteiger partial charge in [0, 0.05) is 17.9 Å². The van der Waals surface area contributed by atoms with Crippen LogP contribution in [0.25, 0.3) is 0 Å². The van der Waals surface area contributed by atoms with E-state index in [1.807, 2.05) is 60.7 Å². The second kappa shape index (κ2) is 8.19. The molecule has 2 aromatic rings. The second-order valence-electron chi connectivity index (χ2n) is 6.11. The monoisotopic (exact) mass is 338 g/mol. The lowest BCUT2D eigenvalue weighted by atomic mass is 10.2. The predicted molar refractivity (Wildman–Crippen MR) is 98.6 cm³/mol. The number of amides is 4.